The Balaban J connectivity index is 2.27. The van der Waals surface area contributed by atoms with E-state index >= 15 is 0 Å². The maximum atomic E-state index is 12.2. The number of hydrogen-bond donors (Lipinski definition) is 1. The summed E-state index contributed by atoms with van der Waals surface area (Å²) in [6, 6.07) is 3.09. The van der Waals surface area contributed by atoms with Gasteiger partial charge in [0.1, 0.15) is 18.5 Å². The number of hydrogen-bond acceptors (Lipinski definition) is 5. The molecule has 0 aromatic heterocycles. The molecule has 1 aromatic rings. The van der Waals surface area contributed by atoms with Gasteiger partial charge in [-0.05, 0) is 24.6 Å². The Labute approximate surface area is 128 Å². The maximum Gasteiger partial charge on any atom is 0.237 e. The van der Waals surface area contributed by atoms with Crippen LogP contribution >= 0.6 is 11.6 Å². The molecule has 1 atom stereocenters. The van der Waals surface area contributed by atoms with E-state index in [1.165, 1.54) is 20.0 Å². The highest BCUT2D eigenvalue weighted by Crippen LogP contribution is 2.38. The van der Waals surface area contributed by atoms with E-state index in [-0.39, 0.29) is 5.75 Å². The summed E-state index contributed by atoms with van der Waals surface area (Å²) in [6.45, 7) is 2.14. The first-order valence-electron chi connectivity index (χ1n) is 6.36. The van der Waals surface area contributed by atoms with Gasteiger partial charge in [0.2, 0.25) is 5.91 Å². The van der Waals surface area contributed by atoms with Crippen molar-refractivity contribution in [3.63, 3.8) is 0 Å². The fraction of sp³-hybridized carbons (Fsp3) is 0.462. The van der Waals surface area contributed by atoms with Crippen LogP contribution in [0.4, 0.5) is 0 Å². The Morgan fingerprint density at radius 3 is 2.71 bits per heavy atom. The van der Waals surface area contributed by atoms with E-state index in [9.17, 15) is 13.2 Å². The lowest BCUT2D eigenvalue weighted by Gasteiger charge is -2.20. The van der Waals surface area contributed by atoms with Crippen molar-refractivity contribution in [3.8, 4) is 11.5 Å². The Morgan fingerprint density at radius 1 is 1.38 bits per heavy atom. The van der Waals surface area contributed by atoms with E-state index in [0.29, 0.717) is 35.3 Å². The number of ether oxygens (including phenoxy) is 2. The van der Waals surface area contributed by atoms with Crippen LogP contribution in [0.5, 0.6) is 11.5 Å². The number of rotatable bonds is 4. The van der Waals surface area contributed by atoms with Crippen molar-refractivity contribution < 1.29 is 22.7 Å². The van der Waals surface area contributed by atoms with Crippen molar-refractivity contribution in [2.75, 3.05) is 20.3 Å². The summed E-state index contributed by atoms with van der Waals surface area (Å²) in [5.41, 5.74) is 0.458. The first-order chi connectivity index (χ1) is 9.85. The van der Waals surface area contributed by atoms with Crippen molar-refractivity contribution in [2.24, 2.45) is 0 Å². The SMILES string of the molecule is CNC(=O)[C@H](C)S(=O)(=O)Cc1cc(Cl)c2c(c1)OCCO2. The monoisotopic (exact) mass is 333 g/mol. The van der Waals surface area contributed by atoms with Gasteiger partial charge < -0.3 is 14.8 Å². The molecule has 0 saturated carbocycles. The molecule has 0 saturated heterocycles. The molecule has 0 spiro atoms. The molecule has 1 aliphatic heterocycles. The quantitative estimate of drug-likeness (QED) is 0.894. The molecule has 0 fully saturated rings. The molecular weight excluding hydrogens is 318 g/mol. The summed E-state index contributed by atoms with van der Waals surface area (Å²) in [4.78, 5) is 11.5. The lowest BCUT2D eigenvalue weighted by atomic mass is 10.2. The van der Waals surface area contributed by atoms with E-state index in [1.807, 2.05) is 0 Å². The summed E-state index contributed by atoms with van der Waals surface area (Å²) in [7, 11) is -2.24. The van der Waals surface area contributed by atoms with Crippen molar-refractivity contribution in [3.05, 3.63) is 22.7 Å². The lowest BCUT2D eigenvalue weighted by Crippen LogP contribution is -2.36. The fourth-order valence-electron chi connectivity index (χ4n) is 1.97. The van der Waals surface area contributed by atoms with Gasteiger partial charge in [-0.2, -0.15) is 0 Å². The smallest absolute Gasteiger partial charge is 0.237 e. The predicted molar refractivity (Wildman–Crippen MR) is 78.6 cm³/mol. The standard InChI is InChI=1S/C13H16ClNO5S/c1-8(13(16)15-2)21(17,18)7-9-5-10(14)12-11(6-9)19-3-4-20-12/h5-6,8H,3-4,7H2,1-2H3,(H,15,16)/t8-/m0/s1. The molecule has 1 aromatic carbocycles. The minimum absolute atomic E-state index is 0.294. The molecule has 0 aliphatic carbocycles. The van der Waals surface area contributed by atoms with Crippen LogP contribution in [0, 0.1) is 0 Å². The van der Waals surface area contributed by atoms with Crippen molar-refractivity contribution >= 4 is 27.3 Å². The Kier molecular flexibility index (Phi) is 4.63. The summed E-state index contributed by atoms with van der Waals surface area (Å²) >= 11 is 6.07. The van der Waals surface area contributed by atoms with Crippen molar-refractivity contribution in [2.45, 2.75) is 17.9 Å². The van der Waals surface area contributed by atoms with Gasteiger partial charge in [-0.25, -0.2) is 8.42 Å². The third-order valence-electron chi connectivity index (χ3n) is 3.18. The Morgan fingerprint density at radius 2 is 2.05 bits per heavy atom. The number of fused-ring (bicyclic) bond motifs is 1. The summed E-state index contributed by atoms with van der Waals surface area (Å²) in [5, 5.41) is 1.50. The summed E-state index contributed by atoms with van der Waals surface area (Å²) in [5.74, 6) is 0.00593. The molecule has 1 N–H and O–H groups in total. The molecule has 8 heteroatoms. The number of sulfone groups is 1. The fourth-order valence-corrected chi connectivity index (χ4v) is 3.58. The molecular formula is C13H16ClNO5S. The summed E-state index contributed by atoms with van der Waals surface area (Å²) < 4.78 is 35.2. The van der Waals surface area contributed by atoms with Crippen LogP contribution in [0.3, 0.4) is 0 Å². The van der Waals surface area contributed by atoms with Gasteiger partial charge in [0.05, 0.1) is 10.8 Å². The second-order valence-electron chi connectivity index (χ2n) is 4.67. The van der Waals surface area contributed by atoms with Gasteiger partial charge in [-0.1, -0.05) is 11.6 Å². The zero-order valence-corrected chi connectivity index (χ0v) is 13.3. The molecule has 6 nitrogen and oxygen atoms in total. The molecule has 1 heterocycles. The number of benzene rings is 1. The number of carbonyl (C=O) groups excluding carboxylic acids is 1. The van der Waals surface area contributed by atoms with Gasteiger partial charge >= 0.3 is 0 Å². The van der Waals surface area contributed by atoms with Crippen LogP contribution in [0.15, 0.2) is 12.1 Å². The highest BCUT2D eigenvalue weighted by Gasteiger charge is 2.28. The average molecular weight is 334 g/mol. The second-order valence-corrected chi connectivity index (χ2v) is 7.39. The highest BCUT2D eigenvalue weighted by atomic mass is 35.5. The van der Waals surface area contributed by atoms with Crippen LogP contribution in [0.25, 0.3) is 0 Å². The van der Waals surface area contributed by atoms with Gasteiger partial charge in [0.25, 0.3) is 0 Å². The van der Waals surface area contributed by atoms with E-state index in [1.54, 1.807) is 6.07 Å². The third kappa shape index (κ3) is 3.41. The molecule has 0 unspecified atom stereocenters. The van der Waals surface area contributed by atoms with E-state index in [2.05, 4.69) is 5.32 Å². The molecule has 0 bridgehead atoms. The predicted octanol–water partition coefficient (Wildman–Crippen LogP) is 1.16. The van der Waals surface area contributed by atoms with Gasteiger partial charge in [-0.15, -0.1) is 0 Å². The van der Waals surface area contributed by atoms with Gasteiger partial charge in [0, 0.05) is 7.05 Å². The van der Waals surface area contributed by atoms with E-state index < -0.39 is 21.0 Å². The molecule has 116 valence electrons. The molecule has 21 heavy (non-hydrogen) atoms. The van der Waals surface area contributed by atoms with Gasteiger partial charge in [-0.3, -0.25) is 4.79 Å². The molecule has 1 aliphatic rings. The zero-order chi connectivity index (χ0) is 15.6. The second kappa shape index (κ2) is 6.11. The minimum atomic E-state index is -3.64. The average Bonchev–Trinajstić information content (AvgIpc) is 2.45. The third-order valence-corrected chi connectivity index (χ3v) is 5.49. The van der Waals surface area contributed by atoms with E-state index in [0.717, 1.165) is 0 Å². The highest BCUT2D eigenvalue weighted by molar-refractivity contribution is 7.92. The normalized spacial score (nSPS) is 15.4. The van der Waals surface area contributed by atoms with Crippen LogP contribution in [-0.4, -0.2) is 39.8 Å². The molecule has 2 rings (SSSR count). The number of carbonyl (C=O) groups is 1. The first kappa shape index (κ1) is 15.9. The molecule has 0 radical (unpaired) electrons. The van der Waals surface area contributed by atoms with Gasteiger partial charge in [0.15, 0.2) is 21.3 Å². The number of nitrogens with one attached hydrogen (secondary N) is 1. The first-order valence-corrected chi connectivity index (χ1v) is 8.45. The van der Waals surface area contributed by atoms with Crippen LogP contribution < -0.4 is 14.8 Å². The van der Waals surface area contributed by atoms with E-state index in [4.69, 9.17) is 21.1 Å². The lowest BCUT2D eigenvalue weighted by molar-refractivity contribution is -0.119. The maximum absolute atomic E-state index is 12.2. The Hall–Kier alpha value is -1.47. The van der Waals surface area contributed by atoms with Crippen molar-refractivity contribution in [1.29, 1.82) is 0 Å². The number of amides is 1. The topological polar surface area (TPSA) is 81.7 Å². The van der Waals surface area contributed by atoms with Crippen LogP contribution in [0.1, 0.15) is 12.5 Å². The minimum Gasteiger partial charge on any atom is -0.486 e. The van der Waals surface area contributed by atoms with Crippen molar-refractivity contribution in [1.82, 2.24) is 5.32 Å². The Bertz CT molecular complexity index is 659. The largest absolute Gasteiger partial charge is 0.486 e. The van der Waals surface area contributed by atoms with Crippen LogP contribution in [0.2, 0.25) is 5.02 Å². The number of halogens is 1. The zero-order valence-electron chi connectivity index (χ0n) is 11.7. The molecule has 1 amide bonds. The van der Waals surface area contributed by atoms with Crippen LogP contribution in [-0.2, 0) is 20.4 Å². The summed E-state index contributed by atoms with van der Waals surface area (Å²) in [6.07, 6.45) is 0.